The molecule has 2 N–H and O–H groups in total. The Morgan fingerprint density at radius 1 is 1.29 bits per heavy atom. The number of nitrogens with one attached hydrogen (secondary N) is 2. The number of piperidine rings is 1. The van der Waals surface area contributed by atoms with Crippen molar-refractivity contribution in [2.24, 2.45) is 5.92 Å². The van der Waals surface area contributed by atoms with E-state index < -0.39 is 0 Å². The van der Waals surface area contributed by atoms with Crippen LogP contribution >= 0.6 is 22.6 Å². The van der Waals surface area contributed by atoms with Crippen LogP contribution in [0.15, 0.2) is 24.3 Å². The lowest BCUT2D eigenvalue weighted by Crippen LogP contribution is -2.37. The molecule has 1 aliphatic rings. The molecule has 3 rings (SSSR count). The number of H-pyrrole nitrogens is 1. The summed E-state index contributed by atoms with van der Waals surface area (Å²) in [5.74, 6) is 2.45. The van der Waals surface area contributed by atoms with Crippen molar-refractivity contribution in [1.82, 2.24) is 20.5 Å². The van der Waals surface area contributed by atoms with Gasteiger partial charge in [0, 0.05) is 22.2 Å². The van der Waals surface area contributed by atoms with E-state index in [0.717, 1.165) is 42.9 Å². The predicted octanol–water partition coefficient (Wildman–Crippen LogP) is 2.51. The third-order valence-electron chi connectivity index (χ3n) is 3.98. The largest absolute Gasteiger partial charge is 0.340 e. The minimum absolute atomic E-state index is 0.779. The fraction of sp³-hybridized carbons (Fsp3) is 0.467. The number of anilines is 1. The average Bonchev–Trinajstić information content (AvgIpc) is 2.99. The Labute approximate surface area is 138 Å². The molecule has 0 atom stereocenters. The highest BCUT2D eigenvalue weighted by Crippen LogP contribution is 2.23. The smallest absolute Gasteiger partial charge is 0.245 e. The third-order valence-corrected chi connectivity index (χ3v) is 4.70. The fourth-order valence-electron chi connectivity index (χ4n) is 2.76. The molecule has 1 aliphatic heterocycles. The second kappa shape index (κ2) is 6.74. The van der Waals surface area contributed by atoms with E-state index in [4.69, 9.17) is 0 Å². The van der Waals surface area contributed by atoms with Crippen LogP contribution < -0.4 is 10.2 Å². The summed E-state index contributed by atoms with van der Waals surface area (Å²) in [6.07, 6.45) is 2.41. The molecular weight excluding hydrogens is 377 g/mol. The van der Waals surface area contributed by atoms with Gasteiger partial charge in [-0.2, -0.15) is 4.98 Å². The quantitative estimate of drug-likeness (QED) is 0.779. The van der Waals surface area contributed by atoms with Crippen molar-refractivity contribution in [3.63, 3.8) is 0 Å². The summed E-state index contributed by atoms with van der Waals surface area (Å²) >= 11 is 2.31. The summed E-state index contributed by atoms with van der Waals surface area (Å²) in [5, 5.41) is 10.7. The number of aromatic amines is 1. The van der Waals surface area contributed by atoms with E-state index in [1.54, 1.807) is 0 Å². The molecule has 112 valence electrons. The highest BCUT2D eigenvalue weighted by molar-refractivity contribution is 14.1. The second-order valence-corrected chi connectivity index (χ2v) is 6.72. The maximum atomic E-state index is 4.65. The lowest BCUT2D eigenvalue weighted by molar-refractivity contribution is 0.391. The normalized spacial score (nSPS) is 16.4. The van der Waals surface area contributed by atoms with Crippen LogP contribution in [0.4, 0.5) is 5.95 Å². The van der Waals surface area contributed by atoms with Crippen molar-refractivity contribution >= 4 is 28.5 Å². The zero-order valence-corrected chi connectivity index (χ0v) is 14.3. The van der Waals surface area contributed by atoms with Crippen LogP contribution in [0.5, 0.6) is 0 Å². The van der Waals surface area contributed by atoms with Gasteiger partial charge in [0.05, 0.1) is 0 Å². The Bertz CT molecular complexity index is 572. The van der Waals surface area contributed by atoms with Crippen LogP contribution in [0.2, 0.25) is 0 Å². The first-order chi connectivity index (χ1) is 10.3. The van der Waals surface area contributed by atoms with Crippen molar-refractivity contribution < 1.29 is 0 Å². The molecule has 21 heavy (non-hydrogen) atoms. The summed E-state index contributed by atoms with van der Waals surface area (Å²) in [6, 6.07) is 8.32. The SMILES string of the molecule is CNCC1CCN(c2n[nH]c(-c3ccc(I)cc3)n2)CC1. The summed E-state index contributed by atoms with van der Waals surface area (Å²) in [6.45, 7) is 3.18. The van der Waals surface area contributed by atoms with Gasteiger partial charge in [0.25, 0.3) is 0 Å². The van der Waals surface area contributed by atoms with Crippen molar-refractivity contribution in [3.05, 3.63) is 27.8 Å². The van der Waals surface area contributed by atoms with Gasteiger partial charge < -0.3 is 10.2 Å². The van der Waals surface area contributed by atoms with E-state index in [9.17, 15) is 0 Å². The Morgan fingerprint density at radius 2 is 2.00 bits per heavy atom. The molecular formula is C15H20IN5. The molecule has 0 unspecified atom stereocenters. The minimum Gasteiger partial charge on any atom is -0.340 e. The molecule has 0 bridgehead atoms. The molecule has 2 heterocycles. The molecule has 0 amide bonds. The molecule has 1 fully saturated rings. The highest BCUT2D eigenvalue weighted by atomic mass is 127. The van der Waals surface area contributed by atoms with Gasteiger partial charge in [0.1, 0.15) is 0 Å². The molecule has 0 saturated carbocycles. The zero-order chi connectivity index (χ0) is 14.7. The molecule has 1 aromatic carbocycles. The fourth-order valence-corrected chi connectivity index (χ4v) is 3.12. The molecule has 2 aromatic rings. The summed E-state index contributed by atoms with van der Waals surface area (Å²) in [4.78, 5) is 6.92. The van der Waals surface area contributed by atoms with Gasteiger partial charge in [0.2, 0.25) is 5.95 Å². The third kappa shape index (κ3) is 3.55. The van der Waals surface area contributed by atoms with Gasteiger partial charge in [-0.1, -0.05) is 12.1 Å². The lowest BCUT2D eigenvalue weighted by Gasteiger charge is -2.30. The molecule has 1 saturated heterocycles. The Balaban J connectivity index is 1.67. The number of benzene rings is 1. The number of halogens is 1. The zero-order valence-electron chi connectivity index (χ0n) is 12.1. The number of nitrogens with zero attached hydrogens (tertiary/aromatic N) is 3. The summed E-state index contributed by atoms with van der Waals surface area (Å²) in [7, 11) is 2.02. The summed E-state index contributed by atoms with van der Waals surface area (Å²) in [5.41, 5.74) is 1.08. The van der Waals surface area contributed by atoms with E-state index in [1.807, 2.05) is 7.05 Å². The maximum absolute atomic E-state index is 4.65. The molecule has 0 radical (unpaired) electrons. The van der Waals surface area contributed by atoms with Crippen molar-refractivity contribution in [2.45, 2.75) is 12.8 Å². The number of hydrogen-bond acceptors (Lipinski definition) is 4. The van der Waals surface area contributed by atoms with Crippen LogP contribution in [0.3, 0.4) is 0 Å². The van der Waals surface area contributed by atoms with Crippen LogP contribution in [0.25, 0.3) is 11.4 Å². The van der Waals surface area contributed by atoms with Crippen LogP contribution in [-0.2, 0) is 0 Å². The first kappa shape index (κ1) is 14.8. The van der Waals surface area contributed by atoms with E-state index in [0.29, 0.717) is 0 Å². The van der Waals surface area contributed by atoms with Gasteiger partial charge in [-0.15, -0.1) is 5.10 Å². The van der Waals surface area contributed by atoms with Crippen LogP contribution in [0, 0.1) is 9.49 Å². The van der Waals surface area contributed by atoms with Gasteiger partial charge in [-0.3, -0.25) is 5.10 Å². The average molecular weight is 397 g/mol. The highest BCUT2D eigenvalue weighted by Gasteiger charge is 2.21. The van der Waals surface area contributed by atoms with Gasteiger partial charge in [-0.05, 0) is 67.1 Å². The second-order valence-electron chi connectivity index (χ2n) is 5.48. The first-order valence-corrected chi connectivity index (χ1v) is 8.42. The number of hydrogen-bond donors (Lipinski definition) is 2. The van der Waals surface area contributed by atoms with E-state index >= 15 is 0 Å². The van der Waals surface area contributed by atoms with Gasteiger partial charge in [0.15, 0.2) is 5.82 Å². The standard InChI is InChI=1S/C15H20IN5/c1-17-10-11-6-8-21(9-7-11)15-18-14(19-20-15)12-2-4-13(16)5-3-12/h2-5,11,17H,6-10H2,1H3,(H,18,19,20). The Hall–Kier alpha value is -1.15. The van der Waals surface area contributed by atoms with Gasteiger partial charge in [-0.25, -0.2) is 0 Å². The van der Waals surface area contributed by atoms with Crippen molar-refractivity contribution in [2.75, 3.05) is 31.6 Å². The number of aromatic nitrogens is 3. The van der Waals surface area contributed by atoms with E-state index in [2.05, 4.69) is 72.3 Å². The molecule has 1 aromatic heterocycles. The van der Waals surface area contributed by atoms with E-state index in [-0.39, 0.29) is 0 Å². The molecule has 0 aliphatic carbocycles. The maximum Gasteiger partial charge on any atom is 0.245 e. The Morgan fingerprint density at radius 3 is 2.67 bits per heavy atom. The topological polar surface area (TPSA) is 56.8 Å². The molecule has 6 heteroatoms. The molecule has 5 nitrogen and oxygen atoms in total. The summed E-state index contributed by atoms with van der Waals surface area (Å²) < 4.78 is 1.22. The predicted molar refractivity (Wildman–Crippen MR) is 93.4 cm³/mol. The van der Waals surface area contributed by atoms with Crippen LogP contribution in [0.1, 0.15) is 12.8 Å². The monoisotopic (exact) mass is 397 g/mol. The van der Waals surface area contributed by atoms with Crippen molar-refractivity contribution in [3.8, 4) is 11.4 Å². The molecule has 0 spiro atoms. The van der Waals surface area contributed by atoms with E-state index in [1.165, 1.54) is 16.4 Å². The number of rotatable bonds is 4. The Kier molecular flexibility index (Phi) is 4.74. The van der Waals surface area contributed by atoms with Crippen molar-refractivity contribution in [1.29, 1.82) is 0 Å². The van der Waals surface area contributed by atoms with Gasteiger partial charge >= 0.3 is 0 Å². The lowest BCUT2D eigenvalue weighted by atomic mass is 9.97. The first-order valence-electron chi connectivity index (χ1n) is 7.34. The van der Waals surface area contributed by atoms with Crippen LogP contribution in [-0.4, -0.2) is 41.9 Å². The minimum atomic E-state index is 0.779.